The molecule has 0 spiro atoms. The largest absolute Gasteiger partial charge is 0.495 e. The molecule has 13 N–H and O–H groups in total. The number of rotatable bonds is 27. The van der Waals surface area contributed by atoms with E-state index in [9.17, 15) is 60.0 Å². The first-order valence-corrected chi connectivity index (χ1v) is 44.3. The van der Waals surface area contributed by atoms with Gasteiger partial charge >= 0.3 is 12.4 Å². The predicted octanol–water partition coefficient (Wildman–Crippen LogP) is 14.2. The van der Waals surface area contributed by atoms with Crippen LogP contribution in [0.15, 0.2) is 121 Å². The van der Waals surface area contributed by atoms with Crippen LogP contribution in [-0.2, 0) is 52.7 Å². The number of terminal acetylenes is 1. The number of anilines is 6. The Morgan fingerprint density at radius 1 is 0.564 bits per heavy atom. The van der Waals surface area contributed by atoms with E-state index in [2.05, 4.69) is 107 Å². The molecule has 12 aromatic rings. The van der Waals surface area contributed by atoms with Gasteiger partial charge in [-0.2, -0.15) is 46.7 Å². The van der Waals surface area contributed by atoms with Gasteiger partial charge in [0.1, 0.15) is 46.2 Å². The maximum atomic E-state index is 13.3. The van der Waals surface area contributed by atoms with Gasteiger partial charge in [-0.05, 0) is 126 Å². The molecule has 33 nitrogen and oxygen atoms in total. The minimum Gasteiger partial charge on any atom is -0.495 e. The highest BCUT2D eigenvalue weighted by Gasteiger charge is 2.37. The summed E-state index contributed by atoms with van der Waals surface area (Å²) in [7, 11) is -10.6. The minimum absolute atomic E-state index is 0. The lowest BCUT2D eigenvalue weighted by atomic mass is 10.1. The molecule has 4 fully saturated rings. The van der Waals surface area contributed by atoms with E-state index in [1.165, 1.54) is 86.3 Å². The standard InChI is InChI=1S/C20H23N7O2S2.C18H18ClN5O3S.C16H14ClF3N6O2S2.C15H13F3N6O2S2.8H2/c1-4-13-12-21-20(24-19(13)23-17-11-15(25-26-17)14-5-6-14)16-7-8-18(30-16)31(28,29)22-9-10-27(2)3;1-27-16-5-4-11(6-17(16)28(20,25)26)18-21-9-13(19)15(22-18)8-12-7-14(24-23-12)10-2-3-10;17-9-6-21-15(24-14(9)23-12-5-10(25-26-12)8-1-2-8)11-3-4-13(29-11)30(27,28)22-7-16(18,19)20;16-15(17,18)8-6-20-14(10-3-4-12(27-10)28(19,25)26)22-13(8)21-11-5-9(23-24-11)7-1-2-7;;;;;;;;/h1,7-8,11-12,14,22H,5-6,9-10H2,2-3H3,(H2,21,23,24,25,26);4-7,9-10H,2-3,8H2,1H3,(H,23,24)(H2,20,25,26);3-6,8,22H,1-2,7H2,(H2,21,23,24,25,26);3-7H,1-2H2,(H2,19,25,26)(H2,20,21,22,23,24);8*1H. The summed E-state index contributed by atoms with van der Waals surface area (Å²) in [5, 5.41) is 48.3. The van der Waals surface area contributed by atoms with Crippen LogP contribution < -0.4 is 40.4 Å². The Labute approximate surface area is 698 Å². The van der Waals surface area contributed by atoms with Crippen molar-refractivity contribution in [1.29, 1.82) is 0 Å². The normalized spacial score (nSPS) is 14.5. The highest BCUT2D eigenvalue weighted by Crippen LogP contribution is 2.45. The fourth-order valence-corrected chi connectivity index (χ4v) is 18.2. The predicted molar refractivity (Wildman–Crippen MR) is 443 cm³/mol. The van der Waals surface area contributed by atoms with Gasteiger partial charge in [0, 0.05) is 120 Å². The third-order valence-electron chi connectivity index (χ3n) is 17.4. The number of primary sulfonamides is 2. The SMILES string of the molecule is C#Cc1cnc(-c2ccc(S(=O)(=O)NCCN(C)C)s2)nc1Nc1cc(C2CC2)[nH]n1.COc1ccc(-c2ncc(Cl)c(Cc3cc(C4CC4)n[nH]3)n2)cc1S(N)(=O)=O.NS(=O)(=O)c1ccc(-c2ncc(C(F)(F)F)c(Nc3cc(C4CC4)[nH]n3)n2)s1.O=S(=O)(NCC(F)(F)F)c1ccc(-c2ncc(Cl)c(Nc3cc(C4CC4)[nH]n3)n2)s1.[HH].[HH].[HH].[HH].[HH].[HH].[HH].[HH]. The average molecular weight is 1800 g/mol. The Bertz CT molecular complexity index is 6200. The van der Waals surface area contributed by atoms with Crippen molar-refractivity contribution in [3.63, 3.8) is 0 Å². The van der Waals surface area contributed by atoms with E-state index in [-0.39, 0.29) is 67.9 Å². The molecule has 0 unspecified atom stereocenters. The quantitative estimate of drug-likeness (QED) is 0.0168. The van der Waals surface area contributed by atoms with Gasteiger partial charge in [-0.1, -0.05) is 29.1 Å². The van der Waals surface area contributed by atoms with Crippen molar-refractivity contribution in [2.45, 2.75) is 111 Å². The zero-order valence-corrected chi connectivity index (χ0v) is 68.4. The molecule has 11 heterocycles. The number of nitrogens with one attached hydrogen (secondary N) is 9. The molecule has 0 radical (unpaired) electrons. The van der Waals surface area contributed by atoms with E-state index in [0.29, 0.717) is 110 Å². The molecule has 0 amide bonds. The number of likely N-dealkylation sites (N-methyl/N-ethyl adjacent to an activating group) is 1. The Kier molecular flexibility index (Phi) is 25.3. The summed E-state index contributed by atoms with van der Waals surface area (Å²) in [5.41, 5.74) is 5.47. The first-order chi connectivity index (χ1) is 55.4. The molecule has 11 aromatic heterocycles. The first kappa shape index (κ1) is 84.9. The molecule has 0 bridgehead atoms. The van der Waals surface area contributed by atoms with Gasteiger partial charge in [-0.3, -0.25) is 20.4 Å². The fourth-order valence-electron chi connectivity index (χ4n) is 10.9. The number of methoxy groups -OCH3 is 1. The number of hydrogen-bond acceptors (Lipinski definition) is 28. The molecule has 0 atom stereocenters. The zero-order valence-electron chi connectivity index (χ0n) is 61.2. The van der Waals surface area contributed by atoms with Gasteiger partial charge in [0.2, 0.25) is 40.1 Å². The summed E-state index contributed by atoms with van der Waals surface area (Å²) in [6.45, 7) is -0.712. The molecule has 4 aliphatic carbocycles. The van der Waals surface area contributed by atoms with Crippen molar-refractivity contribution in [2.75, 3.05) is 56.8 Å². The molecule has 48 heteroatoms. The highest BCUT2D eigenvalue weighted by molar-refractivity contribution is 7.92. The number of H-pyrrole nitrogens is 4. The van der Waals surface area contributed by atoms with Crippen LogP contribution in [0.4, 0.5) is 61.2 Å². The van der Waals surface area contributed by atoms with Crippen LogP contribution in [0.3, 0.4) is 0 Å². The molecule has 1 aromatic carbocycles. The number of aromatic nitrogens is 16. The minimum atomic E-state index is -4.68. The molecule has 4 aliphatic rings. The van der Waals surface area contributed by atoms with E-state index in [1.807, 2.05) is 37.2 Å². The van der Waals surface area contributed by atoms with E-state index >= 15 is 0 Å². The number of thiophene rings is 3. The fraction of sp³-hybridized carbons (Fsp3) is 0.304. The number of ether oxygens (including phenoxy) is 1. The molecule has 0 aliphatic heterocycles. The van der Waals surface area contributed by atoms with Gasteiger partial charge in [0.15, 0.2) is 52.4 Å². The average Bonchev–Trinajstić information content (AvgIpc) is 1.66. The van der Waals surface area contributed by atoms with Crippen molar-refractivity contribution in [2.24, 2.45) is 10.3 Å². The number of hydrogen-bond donors (Lipinski definition) is 11. The lowest BCUT2D eigenvalue weighted by Gasteiger charge is -2.12. The van der Waals surface area contributed by atoms with Crippen LogP contribution in [0.25, 0.3) is 43.5 Å². The summed E-state index contributed by atoms with van der Waals surface area (Å²) >= 11 is 15.0. The van der Waals surface area contributed by atoms with Crippen molar-refractivity contribution >= 4 is 132 Å². The van der Waals surface area contributed by atoms with Gasteiger partial charge in [-0.15, -0.1) is 40.4 Å². The zero-order chi connectivity index (χ0) is 83.5. The topological polar surface area (TPSA) is 479 Å². The van der Waals surface area contributed by atoms with Gasteiger partial charge in [0.05, 0.1) is 49.9 Å². The molecule has 632 valence electrons. The summed E-state index contributed by atoms with van der Waals surface area (Å²) in [6, 6.07) is 20.6. The van der Waals surface area contributed by atoms with Gasteiger partial charge in [-0.25, -0.2) is 93.3 Å². The number of aromatic amines is 4. The highest BCUT2D eigenvalue weighted by atomic mass is 35.5. The summed E-state index contributed by atoms with van der Waals surface area (Å²) in [5.74, 6) is 7.10. The first-order valence-electron chi connectivity index (χ1n) is 35.0. The van der Waals surface area contributed by atoms with Crippen molar-refractivity contribution in [3.8, 4) is 61.6 Å². The number of halogens is 8. The Morgan fingerprint density at radius 3 is 1.54 bits per heavy atom. The van der Waals surface area contributed by atoms with Crippen LogP contribution in [0, 0.1) is 12.3 Å². The smallest absolute Gasteiger partial charge is 0.421 e. The van der Waals surface area contributed by atoms with Crippen molar-refractivity contribution in [1.82, 2.24) is 95.0 Å². The lowest BCUT2D eigenvalue weighted by molar-refractivity contribution is -0.137. The second-order valence-electron chi connectivity index (χ2n) is 27.0. The summed E-state index contributed by atoms with van der Waals surface area (Å²) in [6.07, 6.45) is 10.7. The Balaban J connectivity index is 0.000000290. The third kappa shape index (κ3) is 22.4. The van der Waals surface area contributed by atoms with Gasteiger partial charge in [0.25, 0.3) is 0 Å². The molecular weight excluding hydrogens is 1720 g/mol. The van der Waals surface area contributed by atoms with Crippen molar-refractivity contribution < 1.29 is 76.2 Å². The Morgan fingerprint density at radius 2 is 1.04 bits per heavy atom. The second kappa shape index (κ2) is 34.9. The van der Waals surface area contributed by atoms with Crippen LogP contribution in [-0.4, -0.2) is 166 Å². The van der Waals surface area contributed by atoms with Crippen LogP contribution >= 0.6 is 57.2 Å². The maximum absolute atomic E-state index is 13.3. The number of sulfonamides is 4. The molecule has 4 saturated carbocycles. The Hall–Kier alpha value is -10.0. The van der Waals surface area contributed by atoms with Crippen LogP contribution in [0.2, 0.25) is 10.0 Å². The molecule has 117 heavy (non-hydrogen) atoms. The van der Waals surface area contributed by atoms with Gasteiger partial charge < -0.3 is 25.6 Å². The van der Waals surface area contributed by atoms with Crippen molar-refractivity contribution in [3.05, 3.63) is 159 Å². The van der Waals surface area contributed by atoms with E-state index in [1.54, 1.807) is 30.5 Å². The maximum Gasteiger partial charge on any atom is 0.421 e. The molecule has 0 saturated heterocycles. The third-order valence-corrected chi connectivity index (χ3v) is 27.5. The number of nitrogens with zero attached hydrogens (tertiary/aromatic N) is 13. The summed E-state index contributed by atoms with van der Waals surface area (Å²) < 4.78 is 182. The monoisotopic (exact) mass is 1800 g/mol. The number of alkyl halides is 6. The molecule has 16 rings (SSSR count). The molecular formula is C69H84Cl2F6N24O9S7. The second-order valence-corrected chi connectivity index (χ2v) is 38.3. The van der Waals surface area contributed by atoms with E-state index < -0.39 is 70.4 Å². The van der Waals surface area contributed by atoms with Crippen LogP contribution in [0.1, 0.15) is 132 Å². The lowest BCUT2D eigenvalue weighted by Crippen LogP contribution is -2.33. The number of nitrogens with two attached hydrogens (primary N) is 2. The van der Waals surface area contributed by atoms with E-state index in [0.717, 1.165) is 88.2 Å². The summed E-state index contributed by atoms with van der Waals surface area (Å²) in [4.78, 5) is 36.7. The van der Waals surface area contributed by atoms with E-state index in [4.69, 9.17) is 44.6 Å². The number of benzene rings is 1. The van der Waals surface area contributed by atoms with Crippen LogP contribution in [0.5, 0.6) is 5.75 Å².